The van der Waals surface area contributed by atoms with Crippen molar-refractivity contribution in [2.24, 2.45) is 0 Å². The molecule has 2 N–H and O–H groups in total. The average Bonchev–Trinajstić information content (AvgIpc) is 3.00. The zero-order chi connectivity index (χ0) is 15.3. The van der Waals surface area contributed by atoms with Gasteiger partial charge in [-0.05, 0) is 33.1 Å². The van der Waals surface area contributed by atoms with Gasteiger partial charge in [0, 0.05) is 30.2 Å². The Kier molecular flexibility index (Phi) is 5.00. The zero-order valence-corrected chi connectivity index (χ0v) is 13.6. The third-order valence-electron chi connectivity index (χ3n) is 2.89. The molecular formula is C13H21N7S. The number of hydrogen-bond acceptors (Lipinski definition) is 7. The van der Waals surface area contributed by atoms with Gasteiger partial charge >= 0.3 is 0 Å². The van der Waals surface area contributed by atoms with Crippen LogP contribution in [-0.4, -0.2) is 48.8 Å². The molecule has 0 spiro atoms. The number of thioether (sulfide) groups is 1. The lowest BCUT2D eigenvalue weighted by molar-refractivity contribution is 0.739. The predicted molar refractivity (Wildman–Crippen MR) is 87.2 cm³/mol. The van der Waals surface area contributed by atoms with Crippen LogP contribution in [0.2, 0.25) is 0 Å². The lowest BCUT2D eigenvalue weighted by Crippen LogP contribution is -2.27. The molecule has 2 aromatic heterocycles. The smallest absolute Gasteiger partial charge is 0.257 e. The van der Waals surface area contributed by atoms with Gasteiger partial charge in [-0.1, -0.05) is 0 Å². The van der Waals surface area contributed by atoms with Crippen molar-refractivity contribution in [1.29, 1.82) is 0 Å². The molecule has 2 heterocycles. The van der Waals surface area contributed by atoms with Gasteiger partial charge in [-0.3, -0.25) is 0 Å². The lowest BCUT2D eigenvalue weighted by Gasteiger charge is -2.22. The van der Waals surface area contributed by atoms with E-state index in [1.54, 1.807) is 28.8 Å². The van der Waals surface area contributed by atoms with Gasteiger partial charge in [0.05, 0.1) is 0 Å². The summed E-state index contributed by atoms with van der Waals surface area (Å²) >= 11 is 1.80. The molecule has 7 nitrogen and oxygen atoms in total. The number of rotatable bonds is 7. The third kappa shape index (κ3) is 4.32. The first-order valence-corrected chi connectivity index (χ1v) is 8.05. The van der Waals surface area contributed by atoms with Crippen LogP contribution in [0, 0.1) is 0 Å². The normalized spacial score (nSPS) is 11.4. The molecule has 8 heteroatoms. The summed E-state index contributed by atoms with van der Waals surface area (Å²) in [6.07, 6.45) is 5.59. The summed E-state index contributed by atoms with van der Waals surface area (Å²) in [6.45, 7) is 7.86. The number of anilines is 2. The Morgan fingerprint density at radius 2 is 1.90 bits per heavy atom. The van der Waals surface area contributed by atoms with Crippen molar-refractivity contribution in [2.75, 3.05) is 30.0 Å². The summed E-state index contributed by atoms with van der Waals surface area (Å²) in [4.78, 5) is 13.1. The molecule has 0 fully saturated rings. The van der Waals surface area contributed by atoms with E-state index in [1.165, 1.54) is 0 Å². The highest BCUT2D eigenvalue weighted by molar-refractivity contribution is 7.99. The molecule has 0 saturated heterocycles. The molecule has 2 rings (SSSR count). The fourth-order valence-electron chi connectivity index (χ4n) is 1.53. The highest BCUT2D eigenvalue weighted by atomic mass is 32.2. The average molecular weight is 307 g/mol. The van der Waals surface area contributed by atoms with Gasteiger partial charge in [0.2, 0.25) is 11.9 Å². The van der Waals surface area contributed by atoms with E-state index >= 15 is 0 Å². The number of hydrogen-bond donors (Lipinski definition) is 2. The Hall–Kier alpha value is -1.83. The van der Waals surface area contributed by atoms with E-state index in [9.17, 15) is 0 Å². The van der Waals surface area contributed by atoms with E-state index in [-0.39, 0.29) is 4.75 Å². The molecule has 21 heavy (non-hydrogen) atoms. The SMILES string of the molecule is CCNc1nc(NCC(C)(C)SC)nc(-n2cccn2)n1. The molecule has 0 unspecified atom stereocenters. The Labute approximate surface area is 129 Å². The molecule has 0 radical (unpaired) electrons. The maximum absolute atomic E-state index is 4.41. The molecule has 0 saturated carbocycles. The minimum absolute atomic E-state index is 0.108. The van der Waals surface area contributed by atoms with Gasteiger partial charge in [-0.15, -0.1) is 0 Å². The largest absolute Gasteiger partial charge is 0.354 e. The molecule has 2 aromatic rings. The quantitative estimate of drug-likeness (QED) is 0.810. The molecule has 0 aliphatic rings. The number of nitrogens with zero attached hydrogens (tertiary/aromatic N) is 5. The Morgan fingerprint density at radius 3 is 2.48 bits per heavy atom. The zero-order valence-electron chi connectivity index (χ0n) is 12.8. The summed E-state index contributed by atoms with van der Waals surface area (Å²) in [5, 5.41) is 10.5. The van der Waals surface area contributed by atoms with Gasteiger partial charge in [-0.2, -0.15) is 31.8 Å². The summed E-state index contributed by atoms with van der Waals surface area (Å²) in [6, 6.07) is 1.83. The van der Waals surface area contributed by atoms with E-state index in [0.29, 0.717) is 17.8 Å². The van der Waals surface area contributed by atoms with E-state index in [2.05, 4.69) is 50.8 Å². The van der Waals surface area contributed by atoms with Crippen LogP contribution in [0.4, 0.5) is 11.9 Å². The Balaban J connectivity index is 2.24. The fraction of sp³-hybridized carbons (Fsp3) is 0.538. The second-order valence-corrected chi connectivity index (χ2v) is 6.59. The van der Waals surface area contributed by atoms with Gasteiger partial charge in [0.25, 0.3) is 5.95 Å². The van der Waals surface area contributed by atoms with E-state index in [1.807, 2.05) is 13.0 Å². The third-order valence-corrected chi connectivity index (χ3v) is 4.14. The van der Waals surface area contributed by atoms with Crippen molar-refractivity contribution in [3.05, 3.63) is 18.5 Å². The summed E-state index contributed by atoms with van der Waals surface area (Å²) in [5.74, 6) is 1.59. The lowest BCUT2D eigenvalue weighted by atomic mass is 10.2. The van der Waals surface area contributed by atoms with Crippen LogP contribution in [0.1, 0.15) is 20.8 Å². The first-order chi connectivity index (χ1) is 10.0. The Morgan fingerprint density at radius 1 is 1.19 bits per heavy atom. The van der Waals surface area contributed by atoms with E-state index < -0.39 is 0 Å². The summed E-state index contributed by atoms with van der Waals surface area (Å²) in [5.41, 5.74) is 0. The molecule has 0 amide bonds. The minimum Gasteiger partial charge on any atom is -0.354 e. The number of aromatic nitrogens is 5. The second-order valence-electron chi connectivity index (χ2n) is 5.08. The standard InChI is InChI=1S/C13H21N7S/c1-5-14-10-17-11(15-9-13(2,3)21-4)19-12(18-10)20-8-6-7-16-20/h6-8H,5,9H2,1-4H3,(H2,14,15,17,18,19). The molecule has 114 valence electrons. The van der Waals surface area contributed by atoms with Crippen LogP contribution >= 0.6 is 11.8 Å². The van der Waals surface area contributed by atoms with Gasteiger partial charge in [-0.25, -0.2) is 4.68 Å². The van der Waals surface area contributed by atoms with Crippen molar-refractivity contribution >= 4 is 23.7 Å². The van der Waals surface area contributed by atoms with Crippen LogP contribution < -0.4 is 10.6 Å². The van der Waals surface area contributed by atoms with Crippen molar-refractivity contribution in [3.63, 3.8) is 0 Å². The van der Waals surface area contributed by atoms with Crippen LogP contribution in [0.5, 0.6) is 0 Å². The molecule has 0 bridgehead atoms. The topological polar surface area (TPSA) is 80.5 Å². The highest BCUT2D eigenvalue weighted by Crippen LogP contribution is 2.21. The minimum atomic E-state index is 0.108. The summed E-state index contributed by atoms with van der Waals surface area (Å²) < 4.78 is 1.73. The maximum Gasteiger partial charge on any atom is 0.257 e. The number of nitrogens with one attached hydrogen (secondary N) is 2. The maximum atomic E-state index is 4.41. The molecule has 0 aliphatic carbocycles. The van der Waals surface area contributed by atoms with Crippen molar-refractivity contribution in [1.82, 2.24) is 24.7 Å². The van der Waals surface area contributed by atoms with Gasteiger partial charge in [0.1, 0.15) is 0 Å². The molecular weight excluding hydrogens is 286 g/mol. The van der Waals surface area contributed by atoms with E-state index in [0.717, 1.165) is 13.1 Å². The molecule has 0 aromatic carbocycles. The van der Waals surface area contributed by atoms with Crippen LogP contribution in [-0.2, 0) is 0 Å². The fourth-order valence-corrected chi connectivity index (χ4v) is 1.75. The van der Waals surface area contributed by atoms with Gasteiger partial charge in [0.15, 0.2) is 0 Å². The summed E-state index contributed by atoms with van der Waals surface area (Å²) in [7, 11) is 0. The van der Waals surface area contributed by atoms with Gasteiger partial charge < -0.3 is 10.6 Å². The van der Waals surface area contributed by atoms with E-state index in [4.69, 9.17) is 0 Å². The first kappa shape index (κ1) is 15.6. The van der Waals surface area contributed by atoms with Crippen LogP contribution in [0.25, 0.3) is 5.95 Å². The highest BCUT2D eigenvalue weighted by Gasteiger charge is 2.17. The van der Waals surface area contributed by atoms with Crippen molar-refractivity contribution in [3.8, 4) is 5.95 Å². The second kappa shape index (κ2) is 6.75. The first-order valence-electron chi connectivity index (χ1n) is 6.83. The monoisotopic (exact) mass is 307 g/mol. The van der Waals surface area contributed by atoms with Crippen molar-refractivity contribution in [2.45, 2.75) is 25.5 Å². The Bertz CT molecular complexity index is 568. The van der Waals surface area contributed by atoms with Crippen LogP contribution in [0.3, 0.4) is 0 Å². The molecule has 0 atom stereocenters. The predicted octanol–water partition coefficient (Wildman–Crippen LogP) is 2.04. The molecule has 0 aliphatic heterocycles. The van der Waals surface area contributed by atoms with Crippen molar-refractivity contribution < 1.29 is 0 Å². The van der Waals surface area contributed by atoms with Crippen LogP contribution in [0.15, 0.2) is 18.5 Å².